The minimum Gasteiger partial charge on any atom is -0.397 e. The van der Waals surface area contributed by atoms with Crippen LogP contribution in [0.15, 0.2) is 85.5 Å². The number of aliphatic hydroxyl groups is 1. The molecule has 0 unspecified atom stereocenters. The molecule has 0 aliphatic carbocycles. The average Bonchev–Trinajstić information content (AvgIpc) is 3.03. The molecule has 9 heteroatoms. The van der Waals surface area contributed by atoms with Crippen molar-refractivity contribution >= 4 is 23.2 Å². The van der Waals surface area contributed by atoms with Crippen molar-refractivity contribution in [1.29, 1.82) is 0 Å². The maximum Gasteiger partial charge on any atom is 0.224 e. The standard InChI is InChI=1S/C35H44N4O5/c1-3-20-39(2)23-29-21-32(27-16-14-26(24-40)15-17-27)44-35(43-29)28-18-12-25(13-19-28)22-37-33(41)10-6-7-11-34(42)38-31-9-5-4-8-30(31)36/h3-5,8-9,12-19,29,32,35,40H,1,6-7,10-11,20-24,36H2,2H3,(H,37,41)(H,38,42)/t29-,32+,35+/m0/s1. The Morgan fingerprint density at radius 1 is 0.955 bits per heavy atom. The Morgan fingerprint density at radius 2 is 1.61 bits per heavy atom. The number of benzene rings is 3. The fraction of sp³-hybridized carbons (Fsp3) is 0.371. The van der Waals surface area contributed by atoms with Crippen LogP contribution in [0.1, 0.15) is 66.8 Å². The molecule has 0 radical (unpaired) electrons. The Labute approximate surface area is 260 Å². The van der Waals surface area contributed by atoms with Crippen LogP contribution >= 0.6 is 0 Å². The van der Waals surface area contributed by atoms with Gasteiger partial charge in [-0.1, -0.05) is 66.7 Å². The molecule has 2 amide bonds. The summed E-state index contributed by atoms with van der Waals surface area (Å²) in [5.41, 5.74) is 10.8. The van der Waals surface area contributed by atoms with E-state index in [2.05, 4.69) is 22.1 Å². The van der Waals surface area contributed by atoms with E-state index in [1.165, 1.54) is 0 Å². The molecule has 0 bridgehead atoms. The van der Waals surface area contributed by atoms with Gasteiger partial charge >= 0.3 is 0 Å². The Hall–Kier alpha value is -4.02. The topological polar surface area (TPSA) is 126 Å². The zero-order valence-corrected chi connectivity index (χ0v) is 25.4. The molecule has 44 heavy (non-hydrogen) atoms. The van der Waals surface area contributed by atoms with E-state index in [-0.39, 0.29) is 30.6 Å². The Kier molecular flexibility index (Phi) is 12.5. The molecule has 3 aromatic rings. The summed E-state index contributed by atoms with van der Waals surface area (Å²) in [5, 5.41) is 15.2. The lowest BCUT2D eigenvalue weighted by atomic mass is 9.99. The molecule has 0 saturated carbocycles. The second kappa shape index (κ2) is 16.7. The number of aliphatic hydroxyl groups excluding tert-OH is 1. The molecule has 1 saturated heterocycles. The number of amides is 2. The van der Waals surface area contributed by atoms with E-state index in [0.29, 0.717) is 50.0 Å². The van der Waals surface area contributed by atoms with Gasteiger partial charge in [-0.05, 0) is 48.7 Å². The summed E-state index contributed by atoms with van der Waals surface area (Å²) in [6.07, 6.45) is 3.78. The summed E-state index contributed by atoms with van der Waals surface area (Å²) in [6, 6.07) is 22.9. The van der Waals surface area contributed by atoms with Crippen LogP contribution in [0.2, 0.25) is 0 Å². The fourth-order valence-corrected chi connectivity index (χ4v) is 5.15. The number of carbonyl (C=O) groups is 2. The van der Waals surface area contributed by atoms with Gasteiger partial charge in [-0.3, -0.25) is 9.59 Å². The van der Waals surface area contributed by atoms with Crippen molar-refractivity contribution in [3.8, 4) is 0 Å². The zero-order chi connectivity index (χ0) is 31.3. The highest BCUT2D eigenvalue weighted by Gasteiger charge is 2.32. The summed E-state index contributed by atoms with van der Waals surface area (Å²) < 4.78 is 12.8. The van der Waals surface area contributed by atoms with Crippen LogP contribution < -0.4 is 16.4 Å². The van der Waals surface area contributed by atoms with Gasteiger partial charge in [0.25, 0.3) is 0 Å². The summed E-state index contributed by atoms with van der Waals surface area (Å²) in [5.74, 6) is -0.169. The van der Waals surface area contributed by atoms with Gasteiger partial charge in [0.05, 0.1) is 30.2 Å². The van der Waals surface area contributed by atoms with Crippen LogP contribution in [0.25, 0.3) is 0 Å². The maximum atomic E-state index is 12.4. The molecule has 3 atom stereocenters. The lowest BCUT2D eigenvalue weighted by Gasteiger charge is -2.37. The molecule has 4 rings (SSSR count). The van der Waals surface area contributed by atoms with Crippen LogP contribution in [0.3, 0.4) is 0 Å². The molecule has 0 aromatic heterocycles. The van der Waals surface area contributed by atoms with E-state index >= 15 is 0 Å². The fourth-order valence-electron chi connectivity index (χ4n) is 5.15. The van der Waals surface area contributed by atoms with Crippen LogP contribution in [0.4, 0.5) is 11.4 Å². The molecule has 3 aromatic carbocycles. The van der Waals surface area contributed by atoms with Crippen molar-refractivity contribution in [2.75, 3.05) is 31.2 Å². The smallest absolute Gasteiger partial charge is 0.224 e. The molecule has 9 nitrogen and oxygen atoms in total. The average molecular weight is 601 g/mol. The molecule has 1 heterocycles. The first-order valence-electron chi connectivity index (χ1n) is 15.1. The number of ether oxygens (including phenoxy) is 2. The van der Waals surface area contributed by atoms with Crippen molar-refractivity contribution in [3.63, 3.8) is 0 Å². The van der Waals surface area contributed by atoms with Gasteiger partial charge < -0.3 is 35.8 Å². The minimum absolute atomic E-state index is 0.00346. The van der Waals surface area contributed by atoms with Crippen LogP contribution in [-0.4, -0.2) is 48.1 Å². The van der Waals surface area contributed by atoms with Gasteiger partial charge in [-0.15, -0.1) is 6.58 Å². The van der Waals surface area contributed by atoms with Gasteiger partial charge in [0.15, 0.2) is 6.29 Å². The number of anilines is 2. The number of nitrogens with one attached hydrogen (secondary N) is 2. The summed E-state index contributed by atoms with van der Waals surface area (Å²) in [6.45, 7) is 5.76. The summed E-state index contributed by atoms with van der Waals surface area (Å²) in [4.78, 5) is 26.7. The highest BCUT2D eigenvalue weighted by Crippen LogP contribution is 2.38. The number of likely N-dealkylation sites (N-methyl/N-ethyl adjacent to an activating group) is 1. The third kappa shape index (κ3) is 10.0. The van der Waals surface area contributed by atoms with Crippen molar-refractivity contribution in [2.45, 2.75) is 63.8 Å². The van der Waals surface area contributed by atoms with E-state index in [1.54, 1.807) is 12.1 Å². The first-order valence-corrected chi connectivity index (χ1v) is 15.1. The van der Waals surface area contributed by atoms with Crippen molar-refractivity contribution in [3.05, 3.63) is 108 Å². The monoisotopic (exact) mass is 600 g/mol. The number of para-hydroxylation sites is 2. The van der Waals surface area contributed by atoms with Crippen molar-refractivity contribution in [2.24, 2.45) is 0 Å². The van der Waals surface area contributed by atoms with E-state index < -0.39 is 6.29 Å². The third-order valence-corrected chi connectivity index (χ3v) is 7.61. The minimum atomic E-state index is -0.535. The number of unbranched alkanes of at least 4 members (excludes halogenated alkanes) is 1. The second-order valence-corrected chi connectivity index (χ2v) is 11.2. The molecule has 5 N–H and O–H groups in total. The zero-order valence-electron chi connectivity index (χ0n) is 25.4. The highest BCUT2D eigenvalue weighted by molar-refractivity contribution is 5.93. The molecule has 0 spiro atoms. The molecule has 234 valence electrons. The van der Waals surface area contributed by atoms with Crippen molar-refractivity contribution < 1.29 is 24.2 Å². The van der Waals surface area contributed by atoms with E-state index in [0.717, 1.165) is 35.3 Å². The molecule has 1 fully saturated rings. The normalized spacial score (nSPS) is 18.1. The number of carbonyl (C=O) groups excluding carboxylic acids is 2. The SMILES string of the molecule is C=CCN(C)C[C@@H]1C[C@H](c2ccc(CO)cc2)O[C@H](c2ccc(CNC(=O)CCCCC(=O)Nc3ccccc3N)cc2)O1. The summed E-state index contributed by atoms with van der Waals surface area (Å²) >= 11 is 0. The Morgan fingerprint density at radius 3 is 2.30 bits per heavy atom. The number of nitrogen functional groups attached to an aromatic ring is 1. The molecule has 1 aliphatic rings. The van der Waals surface area contributed by atoms with Crippen LogP contribution in [0.5, 0.6) is 0 Å². The van der Waals surface area contributed by atoms with E-state index in [1.807, 2.05) is 73.8 Å². The largest absolute Gasteiger partial charge is 0.397 e. The lowest BCUT2D eigenvalue weighted by molar-refractivity contribution is -0.252. The first kappa shape index (κ1) is 32.9. The van der Waals surface area contributed by atoms with E-state index in [9.17, 15) is 14.7 Å². The van der Waals surface area contributed by atoms with Gasteiger partial charge in [0, 0.05) is 44.5 Å². The number of nitrogens with zero attached hydrogens (tertiary/aromatic N) is 1. The van der Waals surface area contributed by atoms with Crippen molar-refractivity contribution in [1.82, 2.24) is 10.2 Å². The van der Waals surface area contributed by atoms with Crippen LogP contribution in [-0.2, 0) is 32.2 Å². The van der Waals surface area contributed by atoms with E-state index in [4.69, 9.17) is 15.2 Å². The predicted octanol–water partition coefficient (Wildman–Crippen LogP) is 5.24. The number of rotatable bonds is 15. The number of nitrogens with two attached hydrogens (primary N) is 1. The van der Waals surface area contributed by atoms with Gasteiger partial charge in [0.1, 0.15) is 0 Å². The summed E-state index contributed by atoms with van der Waals surface area (Å²) in [7, 11) is 2.04. The number of hydrogen-bond donors (Lipinski definition) is 4. The first-order chi connectivity index (χ1) is 21.3. The third-order valence-electron chi connectivity index (χ3n) is 7.61. The van der Waals surface area contributed by atoms with Gasteiger partial charge in [-0.2, -0.15) is 0 Å². The highest BCUT2D eigenvalue weighted by atomic mass is 16.7. The van der Waals surface area contributed by atoms with Gasteiger partial charge in [0.2, 0.25) is 11.8 Å². The molecular formula is C35H44N4O5. The number of hydrogen-bond acceptors (Lipinski definition) is 7. The van der Waals surface area contributed by atoms with Crippen LogP contribution in [0, 0.1) is 0 Å². The predicted molar refractivity (Wildman–Crippen MR) is 172 cm³/mol. The second-order valence-electron chi connectivity index (χ2n) is 11.2. The Balaban J connectivity index is 1.25. The molecular weight excluding hydrogens is 556 g/mol. The van der Waals surface area contributed by atoms with Gasteiger partial charge in [-0.25, -0.2) is 0 Å². The quantitative estimate of drug-likeness (QED) is 0.107. The molecule has 1 aliphatic heterocycles. The Bertz CT molecular complexity index is 1360. The lowest BCUT2D eigenvalue weighted by Crippen LogP contribution is -2.37. The maximum absolute atomic E-state index is 12.4.